The van der Waals surface area contributed by atoms with Gasteiger partial charge in [-0.05, 0) is 89.0 Å². The highest BCUT2D eigenvalue weighted by molar-refractivity contribution is 6.12. The van der Waals surface area contributed by atoms with Gasteiger partial charge in [-0.25, -0.2) is 4.98 Å². The summed E-state index contributed by atoms with van der Waals surface area (Å²) in [5, 5.41) is 16.8. The third kappa shape index (κ3) is 6.36. The van der Waals surface area contributed by atoms with E-state index < -0.39 is 53.3 Å². The van der Waals surface area contributed by atoms with Gasteiger partial charge >= 0.3 is 5.97 Å². The minimum atomic E-state index is -1.72. The summed E-state index contributed by atoms with van der Waals surface area (Å²) in [7, 11) is 1.60. The highest BCUT2D eigenvalue weighted by Crippen LogP contribution is 2.64. The molecule has 300 valence electrons. The number of aromatic nitrogens is 2. The molecule has 10 rings (SSSR count). The molecule has 2 fully saturated rings. The minimum Gasteiger partial charge on any atom is -0.508 e. The summed E-state index contributed by atoms with van der Waals surface area (Å²) in [5.41, 5.74) is 4.42. The number of para-hydroxylation sites is 2. The number of benzene rings is 6. The largest absolute Gasteiger partial charge is 0.508 e. The van der Waals surface area contributed by atoms with Crippen molar-refractivity contribution in [3.05, 3.63) is 191 Å². The average molecular weight is 806 g/mol. The number of hydrogen-bond donors (Lipinski definition) is 4. The molecule has 11 nitrogen and oxygen atoms in total. The SMILES string of the molecule is COc1ccc(C#Cc2ccc3c(c2)[C@]2(C(=O)N3)[C@H](c3ccc(O)cc3)N3[C@H](c4ccccc4)[C@H](c4ccccc4)OC(=O)[C@H]3[C@@H]2C(=O)NCc2nc3ccccc3[nH]2)cc1. The number of nitrogens with one attached hydrogen (secondary N) is 3. The Morgan fingerprint density at radius 2 is 1.48 bits per heavy atom. The van der Waals surface area contributed by atoms with Crippen LogP contribution >= 0.6 is 0 Å². The molecule has 6 aromatic carbocycles. The number of esters is 1. The third-order valence-electron chi connectivity index (χ3n) is 12.1. The molecule has 0 radical (unpaired) electrons. The second kappa shape index (κ2) is 15.2. The Bertz CT molecular complexity index is 2840. The topological polar surface area (TPSA) is 146 Å². The van der Waals surface area contributed by atoms with Crippen molar-refractivity contribution in [3.8, 4) is 23.3 Å². The molecule has 7 aromatic rings. The zero-order chi connectivity index (χ0) is 41.7. The number of fused-ring (bicyclic) bond motifs is 4. The summed E-state index contributed by atoms with van der Waals surface area (Å²) in [4.78, 5) is 55.8. The van der Waals surface area contributed by atoms with Crippen molar-refractivity contribution in [2.75, 3.05) is 12.4 Å². The number of morpholine rings is 1. The molecule has 0 unspecified atom stereocenters. The van der Waals surface area contributed by atoms with Gasteiger partial charge in [-0.1, -0.05) is 96.8 Å². The molecule has 4 heterocycles. The molecular formula is C50H39N5O6. The number of methoxy groups -OCH3 is 1. The van der Waals surface area contributed by atoms with Crippen LogP contribution in [0.25, 0.3) is 11.0 Å². The van der Waals surface area contributed by atoms with Crippen LogP contribution in [0.3, 0.4) is 0 Å². The van der Waals surface area contributed by atoms with Gasteiger partial charge in [-0.3, -0.25) is 19.3 Å². The molecule has 3 aliphatic rings. The van der Waals surface area contributed by atoms with Gasteiger partial charge in [0.15, 0.2) is 0 Å². The average Bonchev–Trinajstić information content (AvgIpc) is 3.96. The van der Waals surface area contributed by atoms with E-state index in [1.165, 1.54) is 0 Å². The van der Waals surface area contributed by atoms with E-state index >= 15 is 14.4 Å². The van der Waals surface area contributed by atoms with Gasteiger partial charge in [-0.2, -0.15) is 0 Å². The van der Waals surface area contributed by atoms with Crippen LogP contribution in [0.1, 0.15) is 57.4 Å². The number of imidazole rings is 1. The Morgan fingerprint density at radius 3 is 2.20 bits per heavy atom. The van der Waals surface area contributed by atoms with E-state index in [4.69, 9.17) is 9.47 Å². The second-order valence-electron chi connectivity index (χ2n) is 15.5. The van der Waals surface area contributed by atoms with E-state index in [-0.39, 0.29) is 12.3 Å². The number of aromatic amines is 1. The van der Waals surface area contributed by atoms with Crippen molar-refractivity contribution in [3.63, 3.8) is 0 Å². The summed E-state index contributed by atoms with van der Waals surface area (Å²) < 4.78 is 11.8. The Balaban J connectivity index is 1.19. The number of anilines is 1. The molecular weight excluding hydrogens is 767 g/mol. The van der Waals surface area contributed by atoms with Crippen LogP contribution in [-0.2, 0) is 31.1 Å². The minimum absolute atomic E-state index is 0.00233. The number of nitrogens with zero attached hydrogens (tertiary/aromatic N) is 2. The van der Waals surface area contributed by atoms with Crippen LogP contribution in [0.5, 0.6) is 11.5 Å². The number of phenolic OH excluding ortho intramolecular Hbond substituents is 1. The summed E-state index contributed by atoms with van der Waals surface area (Å²) in [6.45, 7) is 0.00233. The number of rotatable bonds is 7. The van der Waals surface area contributed by atoms with Gasteiger partial charge in [0.25, 0.3) is 0 Å². The van der Waals surface area contributed by atoms with Crippen LogP contribution in [0, 0.1) is 17.8 Å². The molecule has 1 spiro atoms. The maximum absolute atomic E-state index is 15.4. The van der Waals surface area contributed by atoms with Gasteiger partial charge in [0, 0.05) is 16.8 Å². The lowest BCUT2D eigenvalue weighted by molar-refractivity contribution is -0.178. The van der Waals surface area contributed by atoms with E-state index in [1.807, 2.05) is 126 Å². The number of carbonyl (C=O) groups is 3. The Morgan fingerprint density at radius 1 is 0.803 bits per heavy atom. The molecule has 0 aliphatic carbocycles. The van der Waals surface area contributed by atoms with Crippen LogP contribution in [0.4, 0.5) is 5.69 Å². The molecule has 2 amide bonds. The quantitative estimate of drug-likeness (QED) is 0.0973. The van der Waals surface area contributed by atoms with E-state index in [9.17, 15) is 5.11 Å². The van der Waals surface area contributed by atoms with E-state index in [0.717, 1.165) is 27.7 Å². The molecule has 0 bridgehead atoms. The molecule has 2 saturated heterocycles. The second-order valence-corrected chi connectivity index (χ2v) is 15.5. The predicted molar refractivity (Wildman–Crippen MR) is 228 cm³/mol. The van der Waals surface area contributed by atoms with Crippen molar-refractivity contribution in [2.45, 2.75) is 36.2 Å². The fraction of sp³-hybridized carbons (Fsp3) is 0.160. The predicted octanol–water partition coefficient (Wildman–Crippen LogP) is 7.26. The van der Waals surface area contributed by atoms with Crippen molar-refractivity contribution in [1.82, 2.24) is 20.2 Å². The Kier molecular flexibility index (Phi) is 9.34. The number of hydrogen-bond acceptors (Lipinski definition) is 8. The highest BCUT2D eigenvalue weighted by Gasteiger charge is 2.74. The molecule has 6 atom stereocenters. The lowest BCUT2D eigenvalue weighted by Gasteiger charge is -2.46. The standard InChI is InChI=1S/C50H39N5O6/c1-60-36-25-18-30(19-26-36)16-17-31-20-27-38-37(28-31)50(49(59)54-38)42(47(57)51-29-41-52-39-14-8-9-15-40(39)53-41)44-48(58)61-45(33-12-6-3-7-13-33)43(32-10-4-2-5-11-32)55(44)46(50)34-21-23-35(56)24-22-34/h2-15,18-28,42-46,56H,29H2,1H3,(H,51,57)(H,52,53)(H,54,59)/t42-,43-,44-,45+,46+,50-/m1/s1. The van der Waals surface area contributed by atoms with Crippen molar-refractivity contribution in [2.24, 2.45) is 5.92 Å². The number of H-pyrrole nitrogens is 1. The molecule has 3 aliphatic heterocycles. The lowest BCUT2D eigenvalue weighted by Crippen LogP contribution is -2.54. The van der Waals surface area contributed by atoms with Gasteiger partial charge in [-0.15, -0.1) is 0 Å². The molecule has 11 heteroatoms. The first-order valence-corrected chi connectivity index (χ1v) is 20.0. The first-order valence-electron chi connectivity index (χ1n) is 20.0. The van der Waals surface area contributed by atoms with Crippen LogP contribution < -0.4 is 15.4 Å². The van der Waals surface area contributed by atoms with Crippen molar-refractivity contribution in [1.29, 1.82) is 0 Å². The summed E-state index contributed by atoms with van der Waals surface area (Å²) in [6, 6.07) is 43.5. The number of cyclic esters (lactones) is 1. The van der Waals surface area contributed by atoms with Gasteiger partial charge in [0.05, 0.1) is 42.7 Å². The first kappa shape index (κ1) is 37.6. The maximum Gasteiger partial charge on any atom is 0.324 e. The number of ether oxygens (including phenoxy) is 2. The summed E-state index contributed by atoms with van der Waals surface area (Å²) in [5.74, 6) is 4.80. The molecule has 0 saturated carbocycles. The van der Waals surface area contributed by atoms with Gasteiger partial charge in [0.1, 0.15) is 34.9 Å². The monoisotopic (exact) mass is 805 g/mol. The van der Waals surface area contributed by atoms with E-state index in [2.05, 4.69) is 32.4 Å². The number of carbonyl (C=O) groups excluding carboxylic acids is 3. The maximum atomic E-state index is 15.4. The zero-order valence-electron chi connectivity index (χ0n) is 32.9. The van der Waals surface area contributed by atoms with E-state index in [0.29, 0.717) is 34.0 Å². The van der Waals surface area contributed by atoms with Crippen LogP contribution in [0.2, 0.25) is 0 Å². The van der Waals surface area contributed by atoms with Crippen LogP contribution in [0.15, 0.2) is 152 Å². The molecule has 61 heavy (non-hydrogen) atoms. The smallest absolute Gasteiger partial charge is 0.324 e. The number of phenols is 1. The highest BCUT2D eigenvalue weighted by atomic mass is 16.6. The van der Waals surface area contributed by atoms with Crippen molar-refractivity contribution >= 4 is 34.5 Å². The fourth-order valence-corrected chi connectivity index (χ4v) is 9.52. The fourth-order valence-electron chi connectivity index (χ4n) is 9.52. The van der Waals surface area contributed by atoms with E-state index in [1.54, 1.807) is 37.4 Å². The van der Waals surface area contributed by atoms with Crippen LogP contribution in [-0.4, -0.2) is 50.9 Å². The zero-order valence-corrected chi connectivity index (χ0v) is 32.9. The number of amides is 2. The molecule has 4 N–H and O–H groups in total. The first-order chi connectivity index (χ1) is 29.8. The Hall–Kier alpha value is -7.68. The number of aromatic hydroxyl groups is 1. The summed E-state index contributed by atoms with van der Waals surface area (Å²) >= 11 is 0. The van der Waals surface area contributed by atoms with Crippen molar-refractivity contribution < 1.29 is 29.0 Å². The Labute approximate surface area is 351 Å². The lowest BCUT2D eigenvalue weighted by atomic mass is 9.65. The van der Waals surface area contributed by atoms with Gasteiger partial charge in [0.2, 0.25) is 11.8 Å². The normalized spacial score (nSPS) is 22.7. The third-order valence-corrected chi connectivity index (χ3v) is 12.1. The summed E-state index contributed by atoms with van der Waals surface area (Å²) in [6.07, 6.45) is -0.813. The van der Waals surface area contributed by atoms with Gasteiger partial charge < -0.3 is 30.2 Å². The molecule has 1 aromatic heterocycles.